The normalized spacial score (nSPS) is 10.2. The number of aromatic hydroxyl groups is 2. The van der Waals surface area contributed by atoms with Crippen LogP contribution >= 0.6 is 11.3 Å². The standard InChI is InChI=1S/C11H10N2O4S/c14-8-2-1-6(3-9(8)15)10(16)12-4-7-5-18-11(17)13-7/h1-3,5,14-15H,4H2,(H,12,16)(H,13,17). The van der Waals surface area contributed by atoms with Crippen LogP contribution in [0.3, 0.4) is 0 Å². The molecule has 0 atom stereocenters. The Morgan fingerprint density at radius 1 is 1.33 bits per heavy atom. The fourth-order valence-corrected chi connectivity index (χ4v) is 1.92. The van der Waals surface area contributed by atoms with E-state index in [1.54, 1.807) is 5.38 Å². The maximum absolute atomic E-state index is 11.7. The van der Waals surface area contributed by atoms with Crippen LogP contribution < -0.4 is 10.2 Å². The lowest BCUT2D eigenvalue weighted by molar-refractivity contribution is 0.0950. The number of carbonyl (C=O) groups is 1. The topological polar surface area (TPSA) is 102 Å². The van der Waals surface area contributed by atoms with Gasteiger partial charge in [0.05, 0.1) is 6.54 Å². The van der Waals surface area contributed by atoms with Crippen molar-refractivity contribution in [1.82, 2.24) is 10.3 Å². The van der Waals surface area contributed by atoms with E-state index in [9.17, 15) is 14.7 Å². The lowest BCUT2D eigenvalue weighted by Gasteiger charge is -2.04. The van der Waals surface area contributed by atoms with Crippen molar-refractivity contribution in [2.24, 2.45) is 0 Å². The number of benzene rings is 1. The largest absolute Gasteiger partial charge is 0.504 e. The molecule has 0 saturated heterocycles. The van der Waals surface area contributed by atoms with Gasteiger partial charge in [0.2, 0.25) is 0 Å². The number of hydrogen-bond acceptors (Lipinski definition) is 5. The molecule has 0 aliphatic rings. The van der Waals surface area contributed by atoms with E-state index in [0.717, 1.165) is 11.3 Å². The Labute approximate surface area is 106 Å². The van der Waals surface area contributed by atoms with Crippen molar-refractivity contribution in [3.8, 4) is 11.5 Å². The average molecular weight is 266 g/mol. The molecule has 0 aliphatic carbocycles. The number of hydrogen-bond donors (Lipinski definition) is 4. The number of phenols is 2. The van der Waals surface area contributed by atoms with Crippen molar-refractivity contribution in [3.63, 3.8) is 0 Å². The lowest BCUT2D eigenvalue weighted by atomic mass is 10.2. The third-order valence-corrected chi connectivity index (χ3v) is 2.97. The van der Waals surface area contributed by atoms with E-state index in [1.807, 2.05) is 0 Å². The average Bonchev–Trinajstić information content (AvgIpc) is 2.75. The second-order valence-electron chi connectivity index (χ2n) is 3.56. The first kappa shape index (κ1) is 12.2. The quantitative estimate of drug-likeness (QED) is 0.616. The zero-order chi connectivity index (χ0) is 13.1. The van der Waals surface area contributed by atoms with E-state index in [0.29, 0.717) is 5.69 Å². The highest BCUT2D eigenvalue weighted by molar-refractivity contribution is 7.07. The molecule has 0 fully saturated rings. The number of amides is 1. The van der Waals surface area contributed by atoms with E-state index < -0.39 is 5.91 Å². The molecule has 1 aromatic carbocycles. The van der Waals surface area contributed by atoms with Crippen LogP contribution in [0.25, 0.3) is 0 Å². The molecule has 7 heteroatoms. The summed E-state index contributed by atoms with van der Waals surface area (Å²) in [6, 6.07) is 3.79. The summed E-state index contributed by atoms with van der Waals surface area (Å²) in [5, 5.41) is 22.6. The van der Waals surface area contributed by atoms with Gasteiger partial charge in [-0.1, -0.05) is 11.3 Å². The van der Waals surface area contributed by atoms with Crippen molar-refractivity contribution in [2.75, 3.05) is 0 Å². The van der Waals surface area contributed by atoms with Crippen molar-refractivity contribution >= 4 is 17.2 Å². The van der Waals surface area contributed by atoms with Crippen LogP contribution in [-0.2, 0) is 6.54 Å². The predicted molar refractivity (Wildman–Crippen MR) is 65.9 cm³/mol. The fraction of sp³-hybridized carbons (Fsp3) is 0.0909. The zero-order valence-corrected chi connectivity index (χ0v) is 9.95. The summed E-state index contributed by atoms with van der Waals surface area (Å²) in [5.74, 6) is -1.04. The Hall–Kier alpha value is -2.28. The van der Waals surface area contributed by atoms with E-state index in [1.165, 1.54) is 18.2 Å². The third-order valence-electron chi connectivity index (χ3n) is 2.25. The maximum atomic E-state index is 11.7. The molecule has 0 bridgehead atoms. The first-order chi connectivity index (χ1) is 8.56. The molecule has 1 heterocycles. The fourth-order valence-electron chi connectivity index (χ4n) is 1.34. The van der Waals surface area contributed by atoms with Crippen LogP contribution in [0.5, 0.6) is 11.5 Å². The van der Waals surface area contributed by atoms with Gasteiger partial charge in [-0.3, -0.25) is 9.59 Å². The van der Waals surface area contributed by atoms with Crippen molar-refractivity contribution < 1.29 is 15.0 Å². The Kier molecular flexibility index (Phi) is 3.33. The molecule has 6 nitrogen and oxygen atoms in total. The zero-order valence-electron chi connectivity index (χ0n) is 9.14. The Balaban J connectivity index is 2.03. The summed E-state index contributed by atoms with van der Waals surface area (Å²) in [5.41, 5.74) is 0.837. The van der Waals surface area contributed by atoms with E-state index in [-0.39, 0.29) is 28.5 Å². The van der Waals surface area contributed by atoms with Crippen LogP contribution in [0.1, 0.15) is 16.1 Å². The molecule has 0 unspecified atom stereocenters. The van der Waals surface area contributed by atoms with Gasteiger partial charge in [0, 0.05) is 16.6 Å². The van der Waals surface area contributed by atoms with Crippen molar-refractivity contribution in [3.05, 3.63) is 44.5 Å². The van der Waals surface area contributed by atoms with Gasteiger partial charge in [0.25, 0.3) is 5.91 Å². The van der Waals surface area contributed by atoms with Crippen LogP contribution in [-0.4, -0.2) is 21.1 Å². The summed E-state index contributed by atoms with van der Waals surface area (Å²) in [6.07, 6.45) is 0. The number of nitrogens with one attached hydrogen (secondary N) is 2. The summed E-state index contributed by atoms with van der Waals surface area (Å²) in [4.78, 5) is 25.0. The number of aromatic amines is 1. The molecule has 0 aliphatic heterocycles. The molecule has 2 aromatic rings. The Morgan fingerprint density at radius 3 is 2.72 bits per heavy atom. The summed E-state index contributed by atoms with van der Waals surface area (Å²) in [7, 11) is 0. The number of carbonyl (C=O) groups excluding carboxylic acids is 1. The number of rotatable bonds is 3. The smallest absolute Gasteiger partial charge is 0.304 e. The summed E-state index contributed by atoms with van der Waals surface area (Å²) in [6.45, 7) is 0.194. The first-order valence-electron chi connectivity index (χ1n) is 5.03. The SMILES string of the molecule is O=C(NCc1csc(=O)[nH]1)c1ccc(O)c(O)c1. The molecule has 1 amide bonds. The summed E-state index contributed by atoms with van der Waals surface area (Å²) < 4.78 is 0. The number of aromatic nitrogens is 1. The predicted octanol–water partition coefficient (Wildman–Crippen LogP) is 0.778. The van der Waals surface area contributed by atoms with Crippen LogP contribution in [0.15, 0.2) is 28.4 Å². The highest BCUT2D eigenvalue weighted by Gasteiger charge is 2.08. The minimum atomic E-state index is -0.405. The second kappa shape index (κ2) is 4.92. The highest BCUT2D eigenvalue weighted by atomic mass is 32.1. The molecule has 0 spiro atoms. The minimum Gasteiger partial charge on any atom is -0.504 e. The van der Waals surface area contributed by atoms with Gasteiger partial charge in [0.1, 0.15) is 0 Å². The van der Waals surface area contributed by atoms with Gasteiger partial charge >= 0.3 is 4.87 Å². The molecule has 1 aromatic heterocycles. The lowest BCUT2D eigenvalue weighted by Crippen LogP contribution is -2.23. The van der Waals surface area contributed by atoms with Crippen LogP contribution in [0, 0.1) is 0 Å². The Bertz CT molecular complexity index is 632. The van der Waals surface area contributed by atoms with E-state index >= 15 is 0 Å². The van der Waals surface area contributed by atoms with Gasteiger partial charge in [-0.15, -0.1) is 0 Å². The third kappa shape index (κ3) is 2.69. The highest BCUT2D eigenvalue weighted by Crippen LogP contribution is 2.24. The maximum Gasteiger partial charge on any atom is 0.304 e. The first-order valence-corrected chi connectivity index (χ1v) is 5.91. The van der Waals surface area contributed by atoms with Crippen LogP contribution in [0.2, 0.25) is 0 Å². The van der Waals surface area contributed by atoms with Gasteiger partial charge in [-0.25, -0.2) is 0 Å². The number of thiazole rings is 1. The molecular weight excluding hydrogens is 256 g/mol. The molecule has 0 radical (unpaired) electrons. The molecule has 2 rings (SSSR count). The van der Waals surface area contributed by atoms with Crippen LogP contribution in [0.4, 0.5) is 0 Å². The summed E-state index contributed by atoms with van der Waals surface area (Å²) >= 11 is 1.02. The number of H-pyrrole nitrogens is 1. The number of phenolic OH excluding ortho intramolecular Hbond substituents is 2. The Morgan fingerprint density at radius 2 is 2.11 bits per heavy atom. The van der Waals surface area contributed by atoms with Gasteiger partial charge < -0.3 is 20.5 Å². The van der Waals surface area contributed by atoms with Gasteiger partial charge in [-0.2, -0.15) is 0 Å². The molecule has 94 valence electrons. The molecule has 0 saturated carbocycles. The molecular formula is C11H10N2O4S. The van der Waals surface area contributed by atoms with Crippen molar-refractivity contribution in [2.45, 2.75) is 6.54 Å². The monoisotopic (exact) mass is 266 g/mol. The molecule has 18 heavy (non-hydrogen) atoms. The van der Waals surface area contributed by atoms with E-state index in [2.05, 4.69) is 10.3 Å². The van der Waals surface area contributed by atoms with Crippen molar-refractivity contribution in [1.29, 1.82) is 0 Å². The molecule has 4 N–H and O–H groups in total. The van der Waals surface area contributed by atoms with E-state index in [4.69, 9.17) is 5.11 Å². The van der Waals surface area contributed by atoms with Gasteiger partial charge in [-0.05, 0) is 18.2 Å². The minimum absolute atomic E-state index is 0.179. The second-order valence-corrected chi connectivity index (χ2v) is 4.40. The van der Waals surface area contributed by atoms with Gasteiger partial charge in [0.15, 0.2) is 11.5 Å².